The van der Waals surface area contributed by atoms with Gasteiger partial charge in [-0.15, -0.1) is 0 Å². The minimum absolute atomic E-state index is 0.121. The zero-order valence-corrected chi connectivity index (χ0v) is 15.6. The number of amides is 4. The number of imide groups is 2. The molecule has 1 aromatic rings. The third-order valence-electron chi connectivity index (χ3n) is 6.32. The van der Waals surface area contributed by atoms with Crippen molar-refractivity contribution in [1.29, 1.82) is 0 Å². The van der Waals surface area contributed by atoms with Gasteiger partial charge in [0, 0.05) is 31.6 Å². The maximum atomic E-state index is 15.0. The number of carbonyl (C=O) groups excluding carboxylic acids is 4. The molecule has 3 atom stereocenters. The molecule has 0 aliphatic carbocycles. The molecule has 3 fully saturated rings. The lowest BCUT2D eigenvalue weighted by atomic mass is 10.0. The fourth-order valence-corrected chi connectivity index (χ4v) is 4.99. The van der Waals surface area contributed by atoms with Crippen molar-refractivity contribution in [2.24, 2.45) is 0 Å². The summed E-state index contributed by atoms with van der Waals surface area (Å²) in [5, 5.41) is 5.20. The number of hydrogen-bond acceptors (Lipinski definition) is 6. The van der Waals surface area contributed by atoms with Gasteiger partial charge in [-0.25, -0.2) is 13.2 Å². The Kier molecular flexibility index (Phi) is 4.14. The SMILES string of the molecule is O=C1CCC(N2C(=O)c3c(F)c(F)c(F)c(N4C5CCC4CNC5)c3C2=O)C(=O)N1. The van der Waals surface area contributed by atoms with Crippen LogP contribution >= 0.6 is 0 Å². The number of piperazine rings is 1. The molecule has 4 aliphatic heterocycles. The van der Waals surface area contributed by atoms with Gasteiger partial charge >= 0.3 is 0 Å². The molecule has 11 heteroatoms. The van der Waals surface area contributed by atoms with Gasteiger partial charge in [0.25, 0.3) is 11.8 Å². The van der Waals surface area contributed by atoms with E-state index in [1.165, 1.54) is 0 Å². The Morgan fingerprint density at radius 1 is 0.800 bits per heavy atom. The third kappa shape index (κ3) is 2.44. The van der Waals surface area contributed by atoms with Crippen LogP contribution in [-0.4, -0.2) is 59.7 Å². The molecule has 4 heterocycles. The van der Waals surface area contributed by atoms with Crippen LogP contribution < -0.4 is 15.5 Å². The van der Waals surface area contributed by atoms with Crippen LogP contribution in [0.4, 0.5) is 18.9 Å². The molecule has 1 aromatic carbocycles. The third-order valence-corrected chi connectivity index (χ3v) is 6.32. The molecule has 0 spiro atoms. The molecular formula is C19H17F3N4O4. The van der Waals surface area contributed by atoms with E-state index in [4.69, 9.17) is 0 Å². The quantitative estimate of drug-likeness (QED) is 0.531. The fourth-order valence-electron chi connectivity index (χ4n) is 4.99. The largest absolute Gasteiger partial charge is 0.360 e. The first-order chi connectivity index (χ1) is 14.3. The van der Waals surface area contributed by atoms with Gasteiger partial charge in [-0.1, -0.05) is 0 Å². The van der Waals surface area contributed by atoms with Gasteiger partial charge in [0.1, 0.15) is 6.04 Å². The number of piperidine rings is 1. The molecule has 3 saturated heterocycles. The number of fused-ring (bicyclic) bond motifs is 3. The molecule has 2 N–H and O–H groups in total. The molecule has 2 bridgehead atoms. The van der Waals surface area contributed by atoms with E-state index in [1.54, 1.807) is 4.90 Å². The summed E-state index contributed by atoms with van der Waals surface area (Å²) in [6.07, 6.45) is 1.08. The first-order valence-corrected chi connectivity index (χ1v) is 9.72. The van der Waals surface area contributed by atoms with Crippen molar-refractivity contribution in [3.05, 3.63) is 28.6 Å². The molecule has 158 valence electrons. The normalized spacial score (nSPS) is 28.3. The number of carbonyl (C=O) groups is 4. The number of halogens is 3. The maximum absolute atomic E-state index is 15.0. The van der Waals surface area contributed by atoms with Crippen LogP contribution in [0.3, 0.4) is 0 Å². The molecule has 30 heavy (non-hydrogen) atoms. The molecule has 0 radical (unpaired) electrons. The lowest BCUT2D eigenvalue weighted by molar-refractivity contribution is -0.136. The van der Waals surface area contributed by atoms with Crippen molar-refractivity contribution >= 4 is 29.3 Å². The Balaban J connectivity index is 1.66. The predicted octanol–water partition coefficient (Wildman–Crippen LogP) is 0.446. The Hall–Kier alpha value is -2.95. The Morgan fingerprint density at radius 3 is 2.07 bits per heavy atom. The van der Waals surface area contributed by atoms with E-state index >= 15 is 0 Å². The first kappa shape index (κ1) is 19.0. The van der Waals surface area contributed by atoms with Crippen molar-refractivity contribution < 1.29 is 32.3 Å². The lowest BCUT2D eigenvalue weighted by Crippen LogP contribution is -2.54. The summed E-state index contributed by atoms with van der Waals surface area (Å²) in [4.78, 5) is 51.8. The highest BCUT2D eigenvalue weighted by Crippen LogP contribution is 2.43. The second kappa shape index (κ2) is 6.53. The van der Waals surface area contributed by atoms with Crippen LogP contribution in [0, 0.1) is 17.5 Å². The van der Waals surface area contributed by atoms with Gasteiger partial charge in [0.15, 0.2) is 17.5 Å². The van der Waals surface area contributed by atoms with Crippen molar-refractivity contribution in [2.45, 2.75) is 43.8 Å². The second-order valence-corrected chi connectivity index (χ2v) is 7.94. The standard InChI is InChI=1S/C19H17F3N4O4/c20-13-11-12(19(30)26(18(11)29)9-3-4-10(27)24-17(9)28)16(15(22)14(13)21)25-7-1-2-8(25)6-23-5-7/h7-9,23H,1-6H2,(H,24,27,28). The van der Waals surface area contributed by atoms with Gasteiger partial charge < -0.3 is 10.2 Å². The zero-order valence-electron chi connectivity index (χ0n) is 15.6. The topological polar surface area (TPSA) is 98.8 Å². The van der Waals surface area contributed by atoms with E-state index in [9.17, 15) is 32.3 Å². The van der Waals surface area contributed by atoms with E-state index in [2.05, 4.69) is 5.32 Å². The monoisotopic (exact) mass is 422 g/mol. The minimum Gasteiger partial charge on any atom is -0.360 e. The van der Waals surface area contributed by atoms with E-state index in [0.29, 0.717) is 30.8 Å². The number of nitrogens with zero attached hydrogens (tertiary/aromatic N) is 2. The summed E-state index contributed by atoms with van der Waals surface area (Å²) >= 11 is 0. The van der Waals surface area contributed by atoms with Crippen LogP contribution in [0.2, 0.25) is 0 Å². The van der Waals surface area contributed by atoms with E-state index in [1.807, 2.05) is 5.32 Å². The van der Waals surface area contributed by atoms with Crippen molar-refractivity contribution in [3.8, 4) is 0 Å². The van der Waals surface area contributed by atoms with Crippen LogP contribution in [-0.2, 0) is 9.59 Å². The van der Waals surface area contributed by atoms with Crippen molar-refractivity contribution in [2.75, 3.05) is 18.0 Å². The highest BCUT2D eigenvalue weighted by molar-refractivity contribution is 6.25. The van der Waals surface area contributed by atoms with E-state index < -0.39 is 63.9 Å². The highest BCUT2D eigenvalue weighted by atomic mass is 19.2. The van der Waals surface area contributed by atoms with Crippen molar-refractivity contribution in [1.82, 2.24) is 15.5 Å². The summed E-state index contributed by atoms with van der Waals surface area (Å²) in [6, 6.07) is -1.83. The molecule has 0 saturated carbocycles. The number of nitrogens with one attached hydrogen (secondary N) is 2. The van der Waals surface area contributed by atoms with E-state index in [-0.39, 0.29) is 24.9 Å². The summed E-state index contributed by atoms with van der Waals surface area (Å²) in [6.45, 7) is 0.950. The second-order valence-electron chi connectivity index (χ2n) is 7.94. The van der Waals surface area contributed by atoms with Gasteiger partial charge in [0.05, 0.1) is 16.8 Å². The van der Waals surface area contributed by atoms with E-state index in [0.717, 1.165) is 0 Å². The van der Waals surface area contributed by atoms with Gasteiger partial charge in [-0.05, 0) is 19.3 Å². The number of rotatable bonds is 2. The molecule has 3 unspecified atom stereocenters. The summed E-state index contributed by atoms with van der Waals surface area (Å²) < 4.78 is 44.1. The number of anilines is 1. The number of benzene rings is 1. The molecular weight excluding hydrogens is 405 g/mol. The Bertz CT molecular complexity index is 1010. The fraction of sp³-hybridized carbons (Fsp3) is 0.474. The molecule has 0 aromatic heterocycles. The smallest absolute Gasteiger partial charge is 0.265 e. The molecule has 4 amide bonds. The average molecular weight is 422 g/mol. The highest BCUT2D eigenvalue weighted by Gasteiger charge is 2.51. The van der Waals surface area contributed by atoms with Crippen LogP contribution in [0.15, 0.2) is 0 Å². The summed E-state index contributed by atoms with van der Waals surface area (Å²) in [5.41, 5.74) is -1.84. The molecule has 5 rings (SSSR count). The molecule has 4 aliphatic rings. The summed E-state index contributed by atoms with van der Waals surface area (Å²) in [7, 11) is 0. The van der Waals surface area contributed by atoms with Crippen LogP contribution in [0.5, 0.6) is 0 Å². The van der Waals surface area contributed by atoms with Crippen LogP contribution in [0.1, 0.15) is 46.4 Å². The predicted molar refractivity (Wildman–Crippen MR) is 95.1 cm³/mol. The van der Waals surface area contributed by atoms with Gasteiger partial charge in [-0.2, -0.15) is 0 Å². The molecule has 8 nitrogen and oxygen atoms in total. The van der Waals surface area contributed by atoms with Gasteiger partial charge in [0.2, 0.25) is 11.8 Å². The van der Waals surface area contributed by atoms with Crippen LogP contribution in [0.25, 0.3) is 0 Å². The van der Waals surface area contributed by atoms with Crippen molar-refractivity contribution in [3.63, 3.8) is 0 Å². The zero-order chi connectivity index (χ0) is 21.3. The summed E-state index contributed by atoms with van der Waals surface area (Å²) in [5.74, 6) is -8.80. The average Bonchev–Trinajstić information content (AvgIpc) is 3.09. The minimum atomic E-state index is -1.83. The Labute approximate surface area is 168 Å². The van der Waals surface area contributed by atoms with Gasteiger partial charge in [-0.3, -0.25) is 29.4 Å². The lowest BCUT2D eigenvalue weighted by Gasteiger charge is -2.38. The number of hydrogen-bond donors (Lipinski definition) is 2. The Morgan fingerprint density at radius 2 is 1.43 bits per heavy atom. The first-order valence-electron chi connectivity index (χ1n) is 9.72. The maximum Gasteiger partial charge on any atom is 0.265 e.